The first kappa shape index (κ1) is 13.2. The van der Waals surface area contributed by atoms with Gasteiger partial charge in [0.25, 0.3) is 0 Å². The van der Waals surface area contributed by atoms with Crippen LogP contribution < -0.4 is 16.0 Å². The fourth-order valence-corrected chi connectivity index (χ4v) is 1.32. The van der Waals surface area contributed by atoms with E-state index in [4.69, 9.17) is 0 Å². The first-order valence-corrected chi connectivity index (χ1v) is 5.77. The van der Waals surface area contributed by atoms with Gasteiger partial charge in [-0.05, 0) is 20.8 Å². The van der Waals surface area contributed by atoms with Crippen molar-refractivity contribution in [2.45, 2.75) is 26.8 Å². The van der Waals surface area contributed by atoms with Crippen molar-refractivity contribution in [1.29, 1.82) is 0 Å². The molecule has 0 saturated heterocycles. The Balaban J connectivity index is 2.61. The minimum atomic E-state index is -0.332. The Labute approximate surface area is 101 Å². The van der Waals surface area contributed by atoms with Gasteiger partial charge in [-0.25, -0.2) is 4.98 Å². The molecule has 6 nitrogen and oxygen atoms in total. The molecule has 1 heterocycles. The Bertz CT molecular complexity index is 369. The number of aromatic nitrogens is 2. The maximum absolute atomic E-state index is 11.5. The summed E-state index contributed by atoms with van der Waals surface area (Å²) in [6, 6.07) is -0.332. The topological polar surface area (TPSA) is 78.9 Å². The molecule has 0 radical (unpaired) electrons. The predicted molar refractivity (Wildman–Crippen MR) is 68.0 cm³/mol. The van der Waals surface area contributed by atoms with Crippen LogP contribution >= 0.6 is 0 Å². The largest absolute Gasteiger partial charge is 0.369 e. The monoisotopic (exact) mass is 237 g/mol. The van der Waals surface area contributed by atoms with Crippen LogP contribution in [-0.4, -0.2) is 35.0 Å². The van der Waals surface area contributed by atoms with Crippen molar-refractivity contribution in [1.82, 2.24) is 15.3 Å². The fraction of sp³-hybridized carbons (Fsp3) is 0.545. The van der Waals surface area contributed by atoms with E-state index in [-0.39, 0.29) is 11.9 Å². The highest BCUT2D eigenvalue weighted by molar-refractivity contribution is 5.83. The number of likely N-dealkylation sites (N-methyl/N-ethyl adjacent to an activating group) is 1. The van der Waals surface area contributed by atoms with E-state index in [9.17, 15) is 4.79 Å². The molecule has 17 heavy (non-hydrogen) atoms. The van der Waals surface area contributed by atoms with Crippen LogP contribution in [0.3, 0.4) is 0 Å². The zero-order valence-electron chi connectivity index (χ0n) is 10.4. The fourth-order valence-electron chi connectivity index (χ4n) is 1.32. The van der Waals surface area contributed by atoms with Crippen LogP contribution in [-0.2, 0) is 4.79 Å². The summed E-state index contributed by atoms with van der Waals surface area (Å²) in [5.74, 6) is 1.23. The van der Waals surface area contributed by atoms with Gasteiger partial charge in [0.1, 0.15) is 17.7 Å². The minimum Gasteiger partial charge on any atom is -0.369 e. The van der Waals surface area contributed by atoms with E-state index in [1.165, 1.54) is 0 Å². The molecule has 1 aromatic heterocycles. The molecule has 1 unspecified atom stereocenters. The van der Waals surface area contributed by atoms with E-state index < -0.39 is 0 Å². The third-order valence-electron chi connectivity index (χ3n) is 2.10. The average molecular weight is 237 g/mol. The Morgan fingerprint density at radius 3 is 2.65 bits per heavy atom. The third-order valence-corrected chi connectivity index (χ3v) is 2.10. The number of anilines is 2. The molecule has 0 fully saturated rings. The van der Waals surface area contributed by atoms with Crippen LogP contribution in [0.4, 0.5) is 11.6 Å². The molecule has 1 rings (SSSR count). The average Bonchev–Trinajstić information content (AvgIpc) is 2.30. The van der Waals surface area contributed by atoms with Crippen molar-refractivity contribution >= 4 is 17.5 Å². The molecule has 94 valence electrons. The normalized spacial score (nSPS) is 11.7. The van der Waals surface area contributed by atoms with Gasteiger partial charge in [-0.1, -0.05) is 0 Å². The summed E-state index contributed by atoms with van der Waals surface area (Å²) >= 11 is 0. The number of nitrogens with one attached hydrogen (secondary N) is 3. The van der Waals surface area contributed by atoms with E-state index >= 15 is 0 Å². The van der Waals surface area contributed by atoms with Gasteiger partial charge in [-0.15, -0.1) is 0 Å². The van der Waals surface area contributed by atoms with Crippen LogP contribution in [0.1, 0.15) is 20.8 Å². The van der Waals surface area contributed by atoms with Gasteiger partial charge in [0.15, 0.2) is 0 Å². The first-order chi connectivity index (χ1) is 8.17. The lowest BCUT2D eigenvalue weighted by molar-refractivity contribution is -0.121. The molecular formula is C11H19N5O. The SMILES string of the molecule is CCNC(=O)C(C)Nc1cncc(NCC)n1. The first-order valence-electron chi connectivity index (χ1n) is 5.77. The Morgan fingerprint density at radius 2 is 2.00 bits per heavy atom. The molecule has 0 bridgehead atoms. The second-order valence-corrected chi connectivity index (χ2v) is 3.58. The molecule has 0 aliphatic carbocycles. The zero-order chi connectivity index (χ0) is 12.7. The molecule has 0 aliphatic rings. The lowest BCUT2D eigenvalue weighted by Crippen LogP contribution is -2.37. The summed E-state index contributed by atoms with van der Waals surface area (Å²) in [4.78, 5) is 19.8. The van der Waals surface area contributed by atoms with Gasteiger partial charge >= 0.3 is 0 Å². The molecule has 0 spiro atoms. The molecule has 0 saturated carbocycles. The molecule has 1 atom stereocenters. The molecule has 6 heteroatoms. The maximum atomic E-state index is 11.5. The number of nitrogens with zero attached hydrogens (tertiary/aromatic N) is 2. The summed E-state index contributed by atoms with van der Waals surface area (Å²) < 4.78 is 0. The number of amides is 1. The molecule has 3 N–H and O–H groups in total. The summed E-state index contributed by atoms with van der Waals surface area (Å²) in [6.45, 7) is 7.06. The van der Waals surface area contributed by atoms with Crippen molar-refractivity contribution in [3.05, 3.63) is 12.4 Å². The highest BCUT2D eigenvalue weighted by Crippen LogP contribution is 2.07. The summed E-state index contributed by atoms with van der Waals surface area (Å²) in [7, 11) is 0. The number of carbonyl (C=O) groups is 1. The molecule has 1 aromatic rings. The highest BCUT2D eigenvalue weighted by atomic mass is 16.2. The second-order valence-electron chi connectivity index (χ2n) is 3.58. The van der Waals surface area contributed by atoms with E-state index in [0.29, 0.717) is 18.2 Å². The summed E-state index contributed by atoms with van der Waals surface area (Å²) in [6.07, 6.45) is 3.24. The minimum absolute atomic E-state index is 0.0526. The van der Waals surface area contributed by atoms with Crippen LogP contribution in [0.2, 0.25) is 0 Å². The van der Waals surface area contributed by atoms with Crippen molar-refractivity contribution < 1.29 is 4.79 Å². The number of rotatable bonds is 6. The van der Waals surface area contributed by atoms with Crippen molar-refractivity contribution in [3.8, 4) is 0 Å². The lowest BCUT2D eigenvalue weighted by atomic mass is 10.3. The Morgan fingerprint density at radius 1 is 1.29 bits per heavy atom. The third kappa shape index (κ3) is 4.26. The van der Waals surface area contributed by atoms with Crippen LogP contribution in [0.25, 0.3) is 0 Å². The molecule has 0 aromatic carbocycles. The van der Waals surface area contributed by atoms with Gasteiger partial charge in [0, 0.05) is 13.1 Å². The zero-order valence-corrected chi connectivity index (χ0v) is 10.4. The molecule has 1 amide bonds. The van der Waals surface area contributed by atoms with E-state index in [0.717, 1.165) is 6.54 Å². The summed E-state index contributed by atoms with van der Waals surface area (Å²) in [5.41, 5.74) is 0. The number of hydrogen-bond acceptors (Lipinski definition) is 5. The van der Waals surface area contributed by atoms with Crippen molar-refractivity contribution in [2.75, 3.05) is 23.7 Å². The maximum Gasteiger partial charge on any atom is 0.242 e. The number of carbonyl (C=O) groups excluding carboxylic acids is 1. The molecular weight excluding hydrogens is 218 g/mol. The van der Waals surface area contributed by atoms with Gasteiger partial charge in [-0.3, -0.25) is 9.78 Å². The summed E-state index contributed by atoms with van der Waals surface area (Å²) in [5, 5.41) is 8.80. The second kappa shape index (κ2) is 6.67. The number of hydrogen-bond donors (Lipinski definition) is 3. The van der Waals surface area contributed by atoms with Crippen molar-refractivity contribution in [2.24, 2.45) is 0 Å². The van der Waals surface area contributed by atoms with Crippen molar-refractivity contribution in [3.63, 3.8) is 0 Å². The quantitative estimate of drug-likeness (QED) is 0.683. The van der Waals surface area contributed by atoms with Crippen LogP contribution in [0.15, 0.2) is 12.4 Å². The van der Waals surface area contributed by atoms with Crippen LogP contribution in [0.5, 0.6) is 0 Å². The standard InChI is InChI=1S/C11H19N5O/c1-4-13-9-6-12-7-10(16-9)15-8(3)11(17)14-5-2/h6-8H,4-5H2,1-3H3,(H,14,17)(H2,13,15,16). The molecule has 0 aliphatic heterocycles. The lowest BCUT2D eigenvalue weighted by Gasteiger charge is -2.14. The predicted octanol–water partition coefficient (Wildman–Crippen LogP) is 0.845. The smallest absolute Gasteiger partial charge is 0.242 e. The van der Waals surface area contributed by atoms with Gasteiger partial charge in [0.2, 0.25) is 5.91 Å². The van der Waals surface area contributed by atoms with Crippen LogP contribution in [0, 0.1) is 0 Å². The van der Waals surface area contributed by atoms with Gasteiger partial charge in [-0.2, -0.15) is 0 Å². The van der Waals surface area contributed by atoms with Gasteiger partial charge in [0.05, 0.1) is 12.4 Å². The highest BCUT2D eigenvalue weighted by Gasteiger charge is 2.11. The van der Waals surface area contributed by atoms with E-state index in [2.05, 4.69) is 25.9 Å². The van der Waals surface area contributed by atoms with Gasteiger partial charge < -0.3 is 16.0 Å². The van der Waals surface area contributed by atoms with E-state index in [1.54, 1.807) is 19.3 Å². The van der Waals surface area contributed by atoms with E-state index in [1.807, 2.05) is 13.8 Å². The Kier molecular flexibility index (Phi) is 5.19. The Hall–Kier alpha value is -1.85.